The van der Waals surface area contributed by atoms with Crippen molar-refractivity contribution in [3.05, 3.63) is 27.5 Å². The van der Waals surface area contributed by atoms with Gasteiger partial charge in [0.1, 0.15) is 5.69 Å². The van der Waals surface area contributed by atoms with Crippen LogP contribution >= 0.6 is 31.9 Å². The number of hydrogen-bond donors (Lipinski definition) is 0. The third-order valence-electron chi connectivity index (χ3n) is 1.89. The number of hydrogen-bond acceptors (Lipinski definition) is 3. The molecule has 17 heavy (non-hydrogen) atoms. The molecular formula is C10H9Br2F2NO2. The number of carbonyl (C=O) groups excluding carboxylic acids is 1. The summed E-state index contributed by atoms with van der Waals surface area (Å²) >= 11 is 6.32. The molecular weight excluding hydrogens is 364 g/mol. The van der Waals surface area contributed by atoms with E-state index in [0.29, 0.717) is 15.4 Å². The largest absolute Gasteiger partial charge is 0.461 e. The summed E-state index contributed by atoms with van der Waals surface area (Å²) in [6.07, 6.45) is -2.73. The zero-order valence-electron chi connectivity index (χ0n) is 8.84. The van der Waals surface area contributed by atoms with Gasteiger partial charge in [-0.15, -0.1) is 0 Å². The Morgan fingerprint density at radius 2 is 2.24 bits per heavy atom. The molecule has 1 heterocycles. The molecule has 1 rings (SSSR count). The maximum Gasteiger partial charge on any atom is 0.358 e. The molecule has 0 radical (unpaired) electrons. The van der Waals surface area contributed by atoms with Crippen molar-refractivity contribution in [1.82, 2.24) is 4.98 Å². The first-order chi connectivity index (χ1) is 8.01. The molecule has 0 aliphatic rings. The highest BCUT2D eigenvalue weighted by Crippen LogP contribution is 2.28. The predicted molar refractivity (Wildman–Crippen MR) is 65.5 cm³/mol. The van der Waals surface area contributed by atoms with Gasteiger partial charge in [0.05, 0.1) is 11.1 Å². The van der Waals surface area contributed by atoms with Crippen molar-refractivity contribution in [2.24, 2.45) is 0 Å². The molecule has 0 bridgehead atoms. The quantitative estimate of drug-likeness (QED) is 0.595. The van der Waals surface area contributed by atoms with Gasteiger partial charge in [-0.1, -0.05) is 15.9 Å². The van der Waals surface area contributed by atoms with Gasteiger partial charge >= 0.3 is 5.97 Å². The van der Waals surface area contributed by atoms with Crippen molar-refractivity contribution in [3.8, 4) is 0 Å². The molecule has 7 heteroatoms. The molecule has 0 N–H and O–H groups in total. The predicted octanol–water partition coefficient (Wildman–Crippen LogP) is 3.85. The standard InChI is InChI=1S/C10H9Br2F2NO2/c1-2-17-10(16)8-7(12)5(4-11)3-6(15-8)9(13)14/h3,9H,2,4H2,1H3. The maximum atomic E-state index is 12.6. The van der Waals surface area contributed by atoms with Crippen molar-refractivity contribution in [1.29, 1.82) is 0 Å². The second-order valence-corrected chi connectivity index (χ2v) is 4.38. The number of rotatable bonds is 4. The molecule has 0 unspecified atom stereocenters. The average molecular weight is 373 g/mol. The summed E-state index contributed by atoms with van der Waals surface area (Å²) < 4.78 is 30.3. The molecule has 3 nitrogen and oxygen atoms in total. The van der Waals surface area contributed by atoms with Gasteiger partial charge in [-0.3, -0.25) is 0 Å². The van der Waals surface area contributed by atoms with E-state index in [1.54, 1.807) is 6.92 Å². The Morgan fingerprint density at radius 1 is 1.59 bits per heavy atom. The first kappa shape index (κ1) is 14.5. The SMILES string of the molecule is CCOC(=O)c1nc(C(F)F)cc(CBr)c1Br. The monoisotopic (exact) mass is 371 g/mol. The van der Waals surface area contributed by atoms with Crippen LogP contribution in [0.2, 0.25) is 0 Å². The Kier molecular flexibility index (Phi) is 5.45. The molecule has 0 saturated carbocycles. The molecule has 1 aromatic heterocycles. The van der Waals surface area contributed by atoms with E-state index in [1.165, 1.54) is 6.07 Å². The Labute approximate surface area is 114 Å². The smallest absolute Gasteiger partial charge is 0.358 e. The molecule has 0 aliphatic heterocycles. The molecule has 0 aromatic carbocycles. The van der Waals surface area contributed by atoms with Crippen LogP contribution in [0.4, 0.5) is 8.78 Å². The highest BCUT2D eigenvalue weighted by atomic mass is 79.9. The van der Waals surface area contributed by atoms with E-state index >= 15 is 0 Å². The minimum Gasteiger partial charge on any atom is -0.461 e. The Morgan fingerprint density at radius 3 is 2.71 bits per heavy atom. The Balaban J connectivity index is 3.27. The lowest BCUT2D eigenvalue weighted by Crippen LogP contribution is -2.11. The first-order valence-electron chi connectivity index (χ1n) is 4.71. The second-order valence-electron chi connectivity index (χ2n) is 3.02. The van der Waals surface area contributed by atoms with Crippen molar-refractivity contribution < 1.29 is 18.3 Å². The fourth-order valence-corrected chi connectivity index (χ4v) is 2.47. The van der Waals surface area contributed by atoms with Crippen LogP contribution in [0, 0.1) is 0 Å². The molecule has 0 amide bonds. The van der Waals surface area contributed by atoms with Gasteiger partial charge in [-0.05, 0) is 34.5 Å². The van der Waals surface area contributed by atoms with Crippen LogP contribution in [0.3, 0.4) is 0 Å². The number of pyridine rings is 1. The van der Waals surface area contributed by atoms with Gasteiger partial charge in [0.25, 0.3) is 6.43 Å². The summed E-state index contributed by atoms with van der Waals surface area (Å²) in [5, 5.41) is 0.336. The molecule has 0 aliphatic carbocycles. The van der Waals surface area contributed by atoms with Gasteiger partial charge in [-0.2, -0.15) is 0 Å². The minimum absolute atomic E-state index is 0.126. The maximum absolute atomic E-state index is 12.6. The highest BCUT2D eigenvalue weighted by molar-refractivity contribution is 9.10. The second kappa shape index (κ2) is 6.39. The van der Waals surface area contributed by atoms with Crippen LogP contribution in [0.5, 0.6) is 0 Å². The summed E-state index contributed by atoms with van der Waals surface area (Å²) in [6.45, 7) is 1.80. The molecule has 0 fully saturated rings. The summed E-state index contributed by atoms with van der Waals surface area (Å²) in [7, 11) is 0. The summed E-state index contributed by atoms with van der Waals surface area (Å²) in [6, 6.07) is 1.24. The number of ether oxygens (including phenoxy) is 1. The topological polar surface area (TPSA) is 39.2 Å². The van der Waals surface area contributed by atoms with Gasteiger partial charge < -0.3 is 4.74 Å². The lowest BCUT2D eigenvalue weighted by molar-refractivity contribution is 0.0516. The van der Waals surface area contributed by atoms with Crippen LogP contribution in [0.25, 0.3) is 0 Å². The third-order valence-corrected chi connectivity index (χ3v) is 3.38. The van der Waals surface area contributed by atoms with Gasteiger partial charge in [-0.25, -0.2) is 18.6 Å². The van der Waals surface area contributed by atoms with Crippen LogP contribution in [0.1, 0.15) is 35.1 Å². The van der Waals surface area contributed by atoms with E-state index in [2.05, 4.69) is 36.8 Å². The zero-order chi connectivity index (χ0) is 13.0. The van der Waals surface area contributed by atoms with Crippen LogP contribution in [-0.2, 0) is 10.1 Å². The first-order valence-corrected chi connectivity index (χ1v) is 6.63. The number of alkyl halides is 3. The van der Waals surface area contributed by atoms with Crippen molar-refractivity contribution in [3.63, 3.8) is 0 Å². The molecule has 1 aromatic rings. The Hall–Kier alpha value is -0.560. The lowest BCUT2D eigenvalue weighted by atomic mass is 10.2. The Bertz CT molecular complexity index is 427. The van der Waals surface area contributed by atoms with Crippen LogP contribution in [-0.4, -0.2) is 17.6 Å². The van der Waals surface area contributed by atoms with Crippen LogP contribution in [0.15, 0.2) is 10.5 Å². The van der Waals surface area contributed by atoms with E-state index in [1.807, 2.05) is 0 Å². The third kappa shape index (κ3) is 3.45. The van der Waals surface area contributed by atoms with Crippen molar-refractivity contribution in [2.75, 3.05) is 6.61 Å². The fraction of sp³-hybridized carbons (Fsp3) is 0.400. The number of carbonyl (C=O) groups is 1. The summed E-state index contributed by atoms with van der Waals surface area (Å²) in [5.74, 6) is -0.718. The molecule has 0 spiro atoms. The number of esters is 1. The number of nitrogens with zero attached hydrogens (tertiary/aromatic N) is 1. The molecule has 0 saturated heterocycles. The zero-order valence-corrected chi connectivity index (χ0v) is 12.0. The van der Waals surface area contributed by atoms with Crippen molar-refractivity contribution in [2.45, 2.75) is 18.7 Å². The number of aromatic nitrogens is 1. The summed E-state index contributed by atoms with van der Waals surface area (Å²) in [5.41, 5.74) is -0.0387. The highest BCUT2D eigenvalue weighted by Gasteiger charge is 2.20. The minimum atomic E-state index is -2.73. The van der Waals surface area contributed by atoms with E-state index in [0.717, 1.165) is 0 Å². The van der Waals surface area contributed by atoms with Crippen molar-refractivity contribution >= 4 is 37.8 Å². The fourth-order valence-electron chi connectivity index (χ4n) is 1.15. The normalized spacial score (nSPS) is 10.7. The lowest BCUT2D eigenvalue weighted by Gasteiger charge is -2.09. The van der Waals surface area contributed by atoms with Gasteiger partial charge in [0.15, 0.2) is 5.69 Å². The number of halogens is 4. The van der Waals surface area contributed by atoms with E-state index in [-0.39, 0.29) is 12.3 Å². The molecule has 94 valence electrons. The van der Waals surface area contributed by atoms with Gasteiger partial charge in [0.2, 0.25) is 0 Å². The average Bonchev–Trinajstić information content (AvgIpc) is 2.29. The van der Waals surface area contributed by atoms with E-state index in [4.69, 9.17) is 4.74 Å². The van der Waals surface area contributed by atoms with Gasteiger partial charge in [0, 0.05) is 5.33 Å². The molecule has 0 atom stereocenters. The van der Waals surface area contributed by atoms with Crippen LogP contribution < -0.4 is 0 Å². The van der Waals surface area contributed by atoms with E-state index in [9.17, 15) is 13.6 Å². The van der Waals surface area contributed by atoms with E-state index < -0.39 is 18.1 Å². The summed E-state index contributed by atoms with van der Waals surface area (Å²) in [4.78, 5) is 15.1.